The van der Waals surface area contributed by atoms with Crippen LogP contribution < -0.4 is 10.1 Å². The largest absolute Gasteiger partial charge is 0.496 e. The molecule has 1 aromatic carbocycles. The number of hydrogen-bond donors (Lipinski definition) is 1. The van der Waals surface area contributed by atoms with E-state index in [9.17, 15) is 13.2 Å². The predicted octanol–water partition coefficient (Wildman–Crippen LogP) is 1.86. The maximum absolute atomic E-state index is 12.5. The molecule has 124 valence electrons. The molecule has 0 aliphatic rings. The van der Waals surface area contributed by atoms with E-state index in [4.69, 9.17) is 4.74 Å². The monoisotopic (exact) mass is 328 g/mol. The number of methoxy groups -OCH3 is 1. The van der Waals surface area contributed by atoms with Crippen LogP contribution in [0, 0.1) is 0 Å². The van der Waals surface area contributed by atoms with Gasteiger partial charge in [0.2, 0.25) is 10.0 Å². The second-order valence-corrected chi connectivity index (χ2v) is 7.02. The van der Waals surface area contributed by atoms with Gasteiger partial charge in [-0.2, -0.15) is 4.31 Å². The van der Waals surface area contributed by atoms with Crippen LogP contribution in [0.1, 0.15) is 38.1 Å². The van der Waals surface area contributed by atoms with Crippen molar-refractivity contribution >= 4 is 15.9 Å². The number of sulfonamides is 1. The average Bonchev–Trinajstić information content (AvgIpc) is 2.46. The van der Waals surface area contributed by atoms with Gasteiger partial charge in [-0.25, -0.2) is 8.42 Å². The van der Waals surface area contributed by atoms with Gasteiger partial charge in [0, 0.05) is 19.1 Å². The zero-order chi connectivity index (χ0) is 16.9. The molecule has 1 aromatic rings. The van der Waals surface area contributed by atoms with Crippen molar-refractivity contribution in [3.63, 3.8) is 0 Å². The fourth-order valence-corrected chi connectivity index (χ4v) is 3.56. The Labute approximate surface area is 132 Å². The number of carbonyl (C=O) groups excluding carboxylic acids is 1. The SMILES string of the molecule is CCN(CC)S(=O)(=O)c1ccc(OC)c(C(=O)NC(C)C)c1. The lowest BCUT2D eigenvalue weighted by molar-refractivity contribution is 0.0940. The van der Waals surface area contributed by atoms with Crippen LogP contribution in [-0.2, 0) is 10.0 Å². The van der Waals surface area contributed by atoms with Crippen LogP contribution in [0.25, 0.3) is 0 Å². The molecular weight excluding hydrogens is 304 g/mol. The Kier molecular flexibility index (Phi) is 6.37. The second kappa shape index (κ2) is 7.60. The Morgan fingerprint density at radius 2 is 1.86 bits per heavy atom. The van der Waals surface area contributed by atoms with E-state index in [0.717, 1.165) is 0 Å². The summed E-state index contributed by atoms with van der Waals surface area (Å²) in [6.45, 7) is 7.96. The van der Waals surface area contributed by atoms with Crippen molar-refractivity contribution in [3.05, 3.63) is 23.8 Å². The Morgan fingerprint density at radius 3 is 2.32 bits per heavy atom. The highest BCUT2D eigenvalue weighted by Crippen LogP contribution is 2.24. The quantitative estimate of drug-likeness (QED) is 0.829. The van der Waals surface area contributed by atoms with Crippen molar-refractivity contribution in [3.8, 4) is 5.75 Å². The number of amides is 1. The summed E-state index contributed by atoms with van der Waals surface area (Å²) in [4.78, 5) is 12.3. The summed E-state index contributed by atoms with van der Waals surface area (Å²) >= 11 is 0. The Bertz CT molecular complexity index is 622. The van der Waals surface area contributed by atoms with Gasteiger partial charge < -0.3 is 10.1 Å². The van der Waals surface area contributed by atoms with Crippen LogP contribution in [0.4, 0.5) is 0 Å². The Morgan fingerprint density at radius 1 is 1.27 bits per heavy atom. The molecule has 0 radical (unpaired) electrons. The van der Waals surface area contributed by atoms with Gasteiger partial charge in [0.05, 0.1) is 17.6 Å². The topological polar surface area (TPSA) is 75.7 Å². The summed E-state index contributed by atoms with van der Waals surface area (Å²) in [5.74, 6) is -0.0138. The van der Waals surface area contributed by atoms with E-state index in [1.807, 2.05) is 13.8 Å². The van der Waals surface area contributed by atoms with Gasteiger partial charge in [0.25, 0.3) is 5.91 Å². The van der Waals surface area contributed by atoms with Gasteiger partial charge in [-0.1, -0.05) is 13.8 Å². The maximum atomic E-state index is 12.5. The average molecular weight is 328 g/mol. The van der Waals surface area contributed by atoms with E-state index in [1.165, 1.54) is 29.6 Å². The number of benzene rings is 1. The van der Waals surface area contributed by atoms with Gasteiger partial charge in [0.15, 0.2) is 0 Å². The molecule has 0 aromatic heterocycles. The van der Waals surface area contributed by atoms with E-state index in [0.29, 0.717) is 18.8 Å². The smallest absolute Gasteiger partial charge is 0.255 e. The highest BCUT2D eigenvalue weighted by molar-refractivity contribution is 7.89. The predicted molar refractivity (Wildman–Crippen MR) is 85.7 cm³/mol. The first-order valence-electron chi connectivity index (χ1n) is 7.26. The number of hydrogen-bond acceptors (Lipinski definition) is 4. The summed E-state index contributed by atoms with van der Waals surface area (Å²) in [7, 11) is -2.17. The van der Waals surface area contributed by atoms with E-state index >= 15 is 0 Å². The highest BCUT2D eigenvalue weighted by Gasteiger charge is 2.24. The summed E-state index contributed by atoms with van der Waals surface area (Å²) in [6, 6.07) is 4.27. The minimum Gasteiger partial charge on any atom is -0.496 e. The van der Waals surface area contributed by atoms with Crippen molar-refractivity contribution in [2.45, 2.75) is 38.6 Å². The fraction of sp³-hybridized carbons (Fsp3) is 0.533. The van der Waals surface area contributed by atoms with Crippen LogP contribution in [-0.4, -0.2) is 44.9 Å². The molecule has 0 fully saturated rings. The van der Waals surface area contributed by atoms with E-state index in [2.05, 4.69) is 5.32 Å². The summed E-state index contributed by atoms with van der Waals surface area (Å²) < 4.78 is 31.6. The molecule has 0 aliphatic heterocycles. The molecule has 0 atom stereocenters. The van der Waals surface area contributed by atoms with Crippen LogP contribution in [0.5, 0.6) is 5.75 Å². The standard InChI is InChI=1S/C15H24N2O4S/c1-6-17(7-2)22(19,20)12-8-9-14(21-5)13(10-12)15(18)16-11(3)4/h8-11H,6-7H2,1-5H3,(H,16,18). The molecule has 7 heteroatoms. The molecule has 0 bridgehead atoms. The fourth-order valence-electron chi connectivity index (χ4n) is 2.08. The van der Waals surface area contributed by atoms with Crippen LogP contribution >= 0.6 is 0 Å². The van der Waals surface area contributed by atoms with Crippen LogP contribution in [0.15, 0.2) is 23.1 Å². The molecule has 0 unspecified atom stereocenters. The molecule has 0 spiro atoms. The van der Waals surface area contributed by atoms with Gasteiger partial charge in [-0.05, 0) is 32.0 Å². The number of rotatable bonds is 7. The Hall–Kier alpha value is -1.60. The molecule has 1 rings (SSSR count). The van der Waals surface area contributed by atoms with Crippen molar-refractivity contribution < 1.29 is 17.9 Å². The normalized spacial score (nSPS) is 11.8. The second-order valence-electron chi connectivity index (χ2n) is 5.08. The van der Waals surface area contributed by atoms with Gasteiger partial charge >= 0.3 is 0 Å². The molecule has 0 heterocycles. The van der Waals surface area contributed by atoms with Gasteiger partial charge in [0.1, 0.15) is 5.75 Å². The van der Waals surface area contributed by atoms with Crippen molar-refractivity contribution in [1.29, 1.82) is 0 Å². The number of carbonyl (C=O) groups is 1. The Balaban J connectivity index is 3.34. The molecule has 1 amide bonds. The van der Waals surface area contributed by atoms with Gasteiger partial charge in [-0.15, -0.1) is 0 Å². The van der Waals surface area contributed by atoms with Crippen LogP contribution in [0.2, 0.25) is 0 Å². The number of ether oxygens (including phenoxy) is 1. The van der Waals surface area contributed by atoms with Crippen molar-refractivity contribution in [2.24, 2.45) is 0 Å². The first kappa shape index (κ1) is 18.4. The third kappa shape index (κ3) is 3.98. The zero-order valence-corrected chi connectivity index (χ0v) is 14.5. The first-order chi connectivity index (χ1) is 10.3. The molecule has 0 aliphatic carbocycles. The lowest BCUT2D eigenvalue weighted by atomic mass is 10.2. The lowest BCUT2D eigenvalue weighted by Crippen LogP contribution is -2.32. The number of nitrogens with zero attached hydrogens (tertiary/aromatic N) is 1. The third-order valence-corrected chi connectivity index (χ3v) is 5.22. The van der Waals surface area contributed by atoms with Gasteiger partial charge in [-0.3, -0.25) is 4.79 Å². The molecule has 6 nitrogen and oxygen atoms in total. The van der Waals surface area contributed by atoms with Crippen molar-refractivity contribution in [1.82, 2.24) is 9.62 Å². The molecule has 0 saturated heterocycles. The minimum atomic E-state index is -3.61. The van der Waals surface area contributed by atoms with Crippen LogP contribution in [0.3, 0.4) is 0 Å². The van der Waals surface area contributed by atoms with E-state index in [1.54, 1.807) is 13.8 Å². The maximum Gasteiger partial charge on any atom is 0.255 e. The first-order valence-corrected chi connectivity index (χ1v) is 8.70. The summed E-state index contributed by atoms with van der Waals surface area (Å²) in [5.41, 5.74) is 0.212. The molecule has 0 saturated carbocycles. The van der Waals surface area contributed by atoms with Crippen molar-refractivity contribution in [2.75, 3.05) is 20.2 Å². The zero-order valence-electron chi connectivity index (χ0n) is 13.7. The third-order valence-electron chi connectivity index (χ3n) is 3.18. The lowest BCUT2D eigenvalue weighted by Gasteiger charge is -2.19. The summed E-state index contributed by atoms with van der Waals surface area (Å²) in [5, 5.41) is 2.74. The molecule has 22 heavy (non-hydrogen) atoms. The minimum absolute atomic E-state index is 0.0553. The molecular formula is C15H24N2O4S. The van der Waals surface area contributed by atoms with E-state index in [-0.39, 0.29) is 22.4 Å². The summed E-state index contributed by atoms with van der Waals surface area (Å²) in [6.07, 6.45) is 0. The molecule has 1 N–H and O–H groups in total. The number of nitrogens with one attached hydrogen (secondary N) is 1. The van der Waals surface area contributed by atoms with E-state index < -0.39 is 10.0 Å². The highest BCUT2D eigenvalue weighted by atomic mass is 32.2.